The molecule has 0 saturated heterocycles. The lowest BCUT2D eigenvalue weighted by atomic mass is 10.1. The van der Waals surface area contributed by atoms with E-state index in [-0.39, 0.29) is 4.90 Å². The maximum atomic E-state index is 11.4. The van der Waals surface area contributed by atoms with E-state index in [9.17, 15) is 8.42 Å². The Bertz CT molecular complexity index is 725. The van der Waals surface area contributed by atoms with Crippen LogP contribution in [0.3, 0.4) is 0 Å². The first-order valence-corrected chi connectivity index (χ1v) is 7.95. The molecule has 0 fully saturated rings. The van der Waals surface area contributed by atoms with E-state index in [0.29, 0.717) is 6.54 Å². The third-order valence-corrected chi connectivity index (χ3v) is 4.09. The molecule has 2 aromatic carbocycles. The minimum absolute atomic E-state index is 0.102. The number of anilines is 1. The van der Waals surface area contributed by atoms with Gasteiger partial charge in [0.25, 0.3) is 0 Å². The zero-order valence-corrected chi connectivity index (χ0v) is 12.8. The third-order valence-electron chi connectivity index (χ3n) is 3.18. The summed E-state index contributed by atoms with van der Waals surface area (Å²) >= 11 is 0. The van der Waals surface area contributed by atoms with Crippen molar-refractivity contribution in [1.82, 2.24) is 0 Å². The van der Waals surface area contributed by atoms with Crippen LogP contribution in [0.15, 0.2) is 47.4 Å². The van der Waals surface area contributed by atoms with Crippen molar-refractivity contribution >= 4 is 15.7 Å². The SMILES string of the molecule is COc1ccc(CNc2cc(S(N)(=O)=O)ccc2C)cc1. The maximum absolute atomic E-state index is 11.4. The van der Waals surface area contributed by atoms with Crippen LogP contribution in [-0.2, 0) is 16.6 Å². The van der Waals surface area contributed by atoms with Crippen LogP contribution in [0.2, 0.25) is 0 Å². The van der Waals surface area contributed by atoms with Gasteiger partial charge in [-0.05, 0) is 42.3 Å². The van der Waals surface area contributed by atoms with Gasteiger partial charge in [-0.15, -0.1) is 0 Å². The average Bonchev–Trinajstić information content (AvgIpc) is 2.45. The van der Waals surface area contributed by atoms with Gasteiger partial charge in [0.05, 0.1) is 12.0 Å². The predicted octanol–water partition coefficient (Wildman–Crippen LogP) is 2.26. The number of rotatable bonds is 5. The molecule has 0 aliphatic carbocycles. The second kappa shape index (κ2) is 6.15. The number of methoxy groups -OCH3 is 1. The molecule has 0 aliphatic heterocycles. The molecule has 6 heteroatoms. The molecule has 0 aliphatic rings. The summed E-state index contributed by atoms with van der Waals surface area (Å²) in [6.07, 6.45) is 0. The minimum Gasteiger partial charge on any atom is -0.497 e. The first-order valence-electron chi connectivity index (χ1n) is 6.40. The van der Waals surface area contributed by atoms with Crippen molar-refractivity contribution in [2.45, 2.75) is 18.4 Å². The van der Waals surface area contributed by atoms with Gasteiger partial charge >= 0.3 is 0 Å². The highest BCUT2D eigenvalue weighted by Crippen LogP contribution is 2.20. The monoisotopic (exact) mass is 306 g/mol. The van der Waals surface area contributed by atoms with Crippen molar-refractivity contribution in [3.8, 4) is 5.75 Å². The fourth-order valence-electron chi connectivity index (χ4n) is 1.91. The molecule has 2 rings (SSSR count). The Morgan fingerprint density at radius 1 is 1.14 bits per heavy atom. The fraction of sp³-hybridized carbons (Fsp3) is 0.200. The Balaban J connectivity index is 2.15. The number of hydrogen-bond donors (Lipinski definition) is 2. The number of hydrogen-bond acceptors (Lipinski definition) is 4. The van der Waals surface area contributed by atoms with Gasteiger partial charge in [-0.3, -0.25) is 0 Å². The Hall–Kier alpha value is -2.05. The predicted molar refractivity (Wildman–Crippen MR) is 82.9 cm³/mol. The summed E-state index contributed by atoms with van der Waals surface area (Å²) in [5.74, 6) is 0.797. The van der Waals surface area contributed by atoms with E-state index in [4.69, 9.17) is 9.88 Å². The highest BCUT2D eigenvalue weighted by Gasteiger charge is 2.09. The largest absolute Gasteiger partial charge is 0.497 e. The minimum atomic E-state index is -3.69. The van der Waals surface area contributed by atoms with Gasteiger partial charge in [-0.2, -0.15) is 0 Å². The fourth-order valence-corrected chi connectivity index (χ4v) is 2.45. The molecule has 0 radical (unpaired) electrons. The molecule has 5 nitrogen and oxygen atoms in total. The highest BCUT2D eigenvalue weighted by atomic mass is 32.2. The van der Waals surface area contributed by atoms with Gasteiger partial charge in [0.2, 0.25) is 10.0 Å². The van der Waals surface area contributed by atoms with Gasteiger partial charge in [-0.1, -0.05) is 18.2 Å². The van der Waals surface area contributed by atoms with Crippen LogP contribution in [0.1, 0.15) is 11.1 Å². The molecule has 0 saturated carbocycles. The Labute approximate surface area is 124 Å². The molecule has 0 spiro atoms. The Morgan fingerprint density at radius 2 is 1.81 bits per heavy atom. The van der Waals surface area contributed by atoms with Crippen LogP contribution in [0.25, 0.3) is 0 Å². The summed E-state index contributed by atoms with van der Waals surface area (Å²) in [5, 5.41) is 8.36. The summed E-state index contributed by atoms with van der Waals surface area (Å²) in [4.78, 5) is 0.102. The van der Waals surface area contributed by atoms with Crippen LogP contribution in [0.4, 0.5) is 5.69 Å². The van der Waals surface area contributed by atoms with Crippen molar-refractivity contribution in [1.29, 1.82) is 0 Å². The number of nitrogens with two attached hydrogens (primary N) is 1. The molecule has 0 aromatic heterocycles. The standard InChI is InChI=1S/C15H18N2O3S/c1-11-3-8-14(21(16,18)19)9-15(11)17-10-12-4-6-13(20-2)7-5-12/h3-9,17H,10H2,1-2H3,(H2,16,18,19). The van der Waals surface area contributed by atoms with E-state index >= 15 is 0 Å². The van der Waals surface area contributed by atoms with Crippen molar-refractivity contribution in [2.75, 3.05) is 12.4 Å². The average molecular weight is 306 g/mol. The number of aryl methyl sites for hydroxylation is 1. The maximum Gasteiger partial charge on any atom is 0.238 e. The smallest absolute Gasteiger partial charge is 0.238 e. The number of nitrogens with one attached hydrogen (secondary N) is 1. The van der Waals surface area contributed by atoms with Crippen LogP contribution in [-0.4, -0.2) is 15.5 Å². The van der Waals surface area contributed by atoms with Gasteiger partial charge in [0, 0.05) is 12.2 Å². The molecular weight excluding hydrogens is 288 g/mol. The zero-order chi connectivity index (χ0) is 15.5. The lowest BCUT2D eigenvalue weighted by Crippen LogP contribution is -2.13. The summed E-state index contributed by atoms with van der Waals surface area (Å²) in [5.41, 5.74) is 2.77. The molecule has 3 N–H and O–H groups in total. The molecule has 0 amide bonds. The van der Waals surface area contributed by atoms with Crippen molar-refractivity contribution in [2.24, 2.45) is 5.14 Å². The molecule has 2 aromatic rings. The Kier molecular flexibility index (Phi) is 4.50. The van der Waals surface area contributed by atoms with Crippen LogP contribution < -0.4 is 15.2 Å². The lowest BCUT2D eigenvalue weighted by Gasteiger charge is -2.11. The number of primary sulfonamides is 1. The first kappa shape index (κ1) is 15.3. The van der Waals surface area contributed by atoms with E-state index in [1.807, 2.05) is 31.2 Å². The molecule has 0 bridgehead atoms. The summed E-state index contributed by atoms with van der Waals surface area (Å²) in [6, 6.07) is 12.4. The van der Waals surface area contributed by atoms with Gasteiger partial charge in [0.1, 0.15) is 5.75 Å². The topological polar surface area (TPSA) is 81.4 Å². The third kappa shape index (κ3) is 3.96. The van der Waals surface area contributed by atoms with E-state index in [1.54, 1.807) is 19.2 Å². The summed E-state index contributed by atoms with van der Waals surface area (Å²) in [6.45, 7) is 2.49. The Morgan fingerprint density at radius 3 is 2.38 bits per heavy atom. The van der Waals surface area contributed by atoms with Crippen molar-refractivity contribution in [3.05, 3.63) is 53.6 Å². The molecular formula is C15H18N2O3S. The zero-order valence-electron chi connectivity index (χ0n) is 12.0. The lowest BCUT2D eigenvalue weighted by molar-refractivity contribution is 0.414. The van der Waals surface area contributed by atoms with Gasteiger partial charge in [-0.25, -0.2) is 13.6 Å². The van der Waals surface area contributed by atoms with Crippen LogP contribution >= 0.6 is 0 Å². The second-order valence-electron chi connectivity index (χ2n) is 4.72. The van der Waals surface area contributed by atoms with E-state index in [0.717, 1.165) is 22.6 Å². The second-order valence-corrected chi connectivity index (χ2v) is 6.28. The van der Waals surface area contributed by atoms with Crippen LogP contribution in [0, 0.1) is 6.92 Å². The number of benzene rings is 2. The number of ether oxygens (including phenoxy) is 1. The summed E-state index contributed by atoms with van der Waals surface area (Å²) in [7, 11) is -2.07. The summed E-state index contributed by atoms with van der Waals surface area (Å²) < 4.78 is 27.9. The van der Waals surface area contributed by atoms with Gasteiger partial charge in [0.15, 0.2) is 0 Å². The number of sulfonamides is 1. The molecule has 0 unspecified atom stereocenters. The first-order chi connectivity index (χ1) is 9.90. The quantitative estimate of drug-likeness (QED) is 0.888. The van der Waals surface area contributed by atoms with Gasteiger partial charge < -0.3 is 10.1 Å². The van der Waals surface area contributed by atoms with E-state index in [1.165, 1.54) is 6.07 Å². The molecule has 0 heterocycles. The highest BCUT2D eigenvalue weighted by molar-refractivity contribution is 7.89. The molecule has 21 heavy (non-hydrogen) atoms. The van der Waals surface area contributed by atoms with Crippen molar-refractivity contribution in [3.63, 3.8) is 0 Å². The molecule has 112 valence electrons. The van der Waals surface area contributed by atoms with Crippen LogP contribution in [0.5, 0.6) is 5.75 Å². The van der Waals surface area contributed by atoms with Crippen molar-refractivity contribution < 1.29 is 13.2 Å². The normalized spacial score (nSPS) is 11.2. The van der Waals surface area contributed by atoms with E-state index in [2.05, 4.69) is 5.32 Å². The molecule has 0 atom stereocenters. The van der Waals surface area contributed by atoms with E-state index < -0.39 is 10.0 Å².